The van der Waals surface area contributed by atoms with Gasteiger partial charge in [0.05, 0.1) is 20.7 Å². The van der Waals surface area contributed by atoms with Crippen LogP contribution in [0.4, 0.5) is 5.13 Å². The molecule has 7 fully saturated rings. The van der Waals surface area contributed by atoms with Crippen LogP contribution in [0.25, 0.3) is 10.2 Å². The van der Waals surface area contributed by atoms with Gasteiger partial charge in [0.25, 0.3) is 5.91 Å². The number of aromatic nitrogens is 2. The number of amides is 1. The lowest BCUT2D eigenvalue weighted by Gasteiger charge is -2.55. The van der Waals surface area contributed by atoms with E-state index in [1.165, 1.54) is 69.0 Å². The molecule has 1 spiro atoms. The minimum absolute atomic E-state index is 0.354. The zero-order valence-corrected chi connectivity index (χ0v) is 26.9. The fourth-order valence-corrected chi connectivity index (χ4v) is 10.6. The molecule has 2 aliphatic heterocycles. The lowest BCUT2D eigenvalue weighted by molar-refractivity contribution is 0.0981. The SMILES string of the molecule is CC1(S(=O)(=O)NC(=O)c2ccc3nc(N4C5CC(NCc6c(C7CCC8(CC7)CC8)noc6C6CC6)CC4C5)sc3c2)CC1. The molecule has 1 aromatic carbocycles. The van der Waals surface area contributed by atoms with Crippen LogP contribution < -0.4 is 14.9 Å². The molecular weight excluding hydrogens is 595 g/mol. The van der Waals surface area contributed by atoms with E-state index in [0.717, 1.165) is 40.5 Å². The van der Waals surface area contributed by atoms with Crippen LogP contribution in [0.3, 0.4) is 0 Å². The van der Waals surface area contributed by atoms with Crippen LogP contribution in [0.5, 0.6) is 0 Å². The van der Waals surface area contributed by atoms with Crippen LogP contribution in [0.15, 0.2) is 22.7 Å². The number of thiazole rings is 1. The van der Waals surface area contributed by atoms with Gasteiger partial charge in [0.2, 0.25) is 10.0 Å². The normalized spacial score (nSPS) is 28.7. The molecule has 2 bridgehead atoms. The number of carbonyl (C=O) groups excluding carboxylic acids is 1. The van der Waals surface area contributed by atoms with E-state index in [0.29, 0.717) is 53.8 Å². The number of benzene rings is 1. The second-order valence-corrected chi connectivity index (χ2v) is 18.2. The van der Waals surface area contributed by atoms with Crippen molar-refractivity contribution < 1.29 is 17.7 Å². The number of nitrogens with one attached hydrogen (secondary N) is 2. The van der Waals surface area contributed by atoms with E-state index >= 15 is 0 Å². The monoisotopic (exact) mass is 635 g/mol. The lowest BCUT2D eigenvalue weighted by atomic mass is 9.76. The standard InChI is InChI=1S/C33H41N5O4S2/c1-32(10-11-32)44(40,41)37-30(39)21-4-5-26-27(14-21)43-31(35-26)38-23-15-22(16-24(38)17-23)34-18-25-28(36-42-29(25)20-2-3-20)19-6-8-33(9-7-19)12-13-33/h4-5,14,19-20,22-24,34H,2-3,6-13,15-18H2,1H3,(H,37,39). The summed E-state index contributed by atoms with van der Waals surface area (Å²) >= 11 is 1.60. The number of piperidine rings is 1. The van der Waals surface area contributed by atoms with Crippen molar-refractivity contribution in [3.05, 3.63) is 40.8 Å². The number of carbonyl (C=O) groups is 1. The van der Waals surface area contributed by atoms with Crippen molar-refractivity contribution in [2.75, 3.05) is 4.90 Å². The molecule has 2 saturated heterocycles. The third-order valence-corrected chi connectivity index (χ3v) is 15.1. The topological polar surface area (TPSA) is 117 Å². The molecule has 9 nitrogen and oxygen atoms in total. The smallest absolute Gasteiger partial charge is 0.264 e. The Labute approximate surface area is 262 Å². The van der Waals surface area contributed by atoms with Gasteiger partial charge in [-0.25, -0.2) is 18.1 Å². The highest BCUT2D eigenvalue weighted by molar-refractivity contribution is 7.91. The summed E-state index contributed by atoms with van der Waals surface area (Å²) in [5, 5.41) is 9.62. The summed E-state index contributed by atoms with van der Waals surface area (Å²) in [4.78, 5) is 20.2. The molecule has 2 N–H and O–H groups in total. The highest BCUT2D eigenvalue weighted by Gasteiger charge is 2.51. The van der Waals surface area contributed by atoms with Gasteiger partial charge in [-0.1, -0.05) is 16.5 Å². The van der Waals surface area contributed by atoms with Gasteiger partial charge in [0.1, 0.15) is 5.76 Å². The molecule has 2 aromatic heterocycles. The summed E-state index contributed by atoms with van der Waals surface area (Å²) in [5.41, 5.74) is 4.50. The van der Waals surface area contributed by atoms with Crippen molar-refractivity contribution in [3.63, 3.8) is 0 Å². The first-order valence-corrected chi connectivity index (χ1v) is 19.0. The number of fused-ring (bicyclic) bond motifs is 3. The Morgan fingerprint density at radius 3 is 2.45 bits per heavy atom. The van der Waals surface area contributed by atoms with Crippen molar-refractivity contribution in [3.8, 4) is 0 Å². The van der Waals surface area contributed by atoms with Crippen molar-refractivity contribution in [2.45, 2.75) is 132 Å². The van der Waals surface area contributed by atoms with Crippen LogP contribution in [0.2, 0.25) is 0 Å². The van der Waals surface area contributed by atoms with Gasteiger partial charge < -0.3 is 14.7 Å². The maximum absolute atomic E-state index is 12.8. The van der Waals surface area contributed by atoms with Gasteiger partial charge in [-0.2, -0.15) is 0 Å². The molecule has 44 heavy (non-hydrogen) atoms. The van der Waals surface area contributed by atoms with Crippen molar-refractivity contribution in [1.82, 2.24) is 20.2 Å². The molecule has 2 atom stereocenters. The minimum atomic E-state index is -3.67. The summed E-state index contributed by atoms with van der Waals surface area (Å²) in [6.07, 6.45) is 15.1. The lowest BCUT2D eigenvalue weighted by Crippen LogP contribution is -2.64. The number of anilines is 1. The first-order chi connectivity index (χ1) is 21.2. The van der Waals surface area contributed by atoms with Gasteiger partial charge in [-0.15, -0.1) is 0 Å². The molecule has 5 aliphatic carbocycles. The predicted octanol–water partition coefficient (Wildman–Crippen LogP) is 6.11. The van der Waals surface area contributed by atoms with E-state index in [9.17, 15) is 13.2 Å². The van der Waals surface area contributed by atoms with Crippen LogP contribution in [0.1, 0.15) is 130 Å². The quantitative estimate of drug-likeness (QED) is 0.289. The average Bonchev–Trinajstić information content (AvgIpc) is 3.97. The van der Waals surface area contributed by atoms with Gasteiger partial charge in [0.15, 0.2) is 5.13 Å². The van der Waals surface area contributed by atoms with Gasteiger partial charge in [-0.05, 0) is 114 Å². The molecule has 7 aliphatic rings. The summed E-state index contributed by atoms with van der Waals surface area (Å²) < 4.78 is 33.5. The molecule has 3 aromatic rings. The van der Waals surface area contributed by atoms with Crippen molar-refractivity contribution >= 4 is 42.6 Å². The molecule has 5 saturated carbocycles. The second-order valence-electron chi connectivity index (χ2n) is 15.0. The molecule has 2 unspecified atom stereocenters. The van der Waals surface area contributed by atoms with Crippen LogP contribution in [0, 0.1) is 5.41 Å². The van der Waals surface area contributed by atoms with E-state index < -0.39 is 20.7 Å². The zero-order chi connectivity index (χ0) is 29.8. The number of hydrogen-bond donors (Lipinski definition) is 2. The number of sulfonamides is 1. The van der Waals surface area contributed by atoms with Crippen LogP contribution in [-0.2, 0) is 16.6 Å². The molecule has 1 amide bonds. The van der Waals surface area contributed by atoms with Crippen LogP contribution >= 0.6 is 11.3 Å². The van der Waals surface area contributed by atoms with Crippen LogP contribution in [-0.4, -0.2) is 47.3 Å². The third kappa shape index (κ3) is 4.71. The fourth-order valence-electron chi connectivity index (χ4n) is 8.19. The average molecular weight is 636 g/mol. The number of hydrogen-bond acceptors (Lipinski definition) is 9. The summed E-state index contributed by atoms with van der Waals surface area (Å²) in [5.74, 6) is 1.71. The largest absolute Gasteiger partial charge is 0.360 e. The Balaban J connectivity index is 0.855. The molecule has 234 valence electrons. The van der Waals surface area contributed by atoms with E-state index in [-0.39, 0.29) is 0 Å². The maximum Gasteiger partial charge on any atom is 0.264 e. The highest BCUT2D eigenvalue weighted by atomic mass is 32.2. The Kier molecular flexibility index (Phi) is 6.16. The van der Waals surface area contributed by atoms with Crippen molar-refractivity contribution in [2.24, 2.45) is 5.41 Å². The maximum atomic E-state index is 12.8. The first kappa shape index (κ1) is 27.8. The molecule has 11 heteroatoms. The summed E-state index contributed by atoms with van der Waals surface area (Å²) in [7, 11) is -3.67. The van der Waals surface area contributed by atoms with Crippen molar-refractivity contribution in [1.29, 1.82) is 0 Å². The second kappa shape index (κ2) is 9.75. The Morgan fingerprint density at radius 1 is 1.02 bits per heavy atom. The Hall–Kier alpha value is -2.50. The minimum Gasteiger partial charge on any atom is -0.360 e. The Morgan fingerprint density at radius 2 is 1.77 bits per heavy atom. The Bertz CT molecular complexity index is 1730. The number of nitrogens with zero attached hydrogens (tertiary/aromatic N) is 3. The summed E-state index contributed by atoms with van der Waals surface area (Å²) in [6.45, 7) is 2.54. The van der Waals surface area contributed by atoms with Gasteiger partial charge >= 0.3 is 0 Å². The highest BCUT2D eigenvalue weighted by Crippen LogP contribution is 2.59. The van der Waals surface area contributed by atoms with Gasteiger partial charge in [-0.3, -0.25) is 4.79 Å². The third-order valence-electron chi connectivity index (χ3n) is 11.9. The van der Waals surface area contributed by atoms with E-state index in [1.807, 2.05) is 6.07 Å². The van der Waals surface area contributed by atoms with E-state index in [2.05, 4.69) is 14.9 Å². The zero-order valence-electron chi connectivity index (χ0n) is 25.3. The van der Waals surface area contributed by atoms with Gasteiger partial charge in [0, 0.05) is 47.6 Å². The molecule has 10 rings (SSSR count). The predicted molar refractivity (Wildman–Crippen MR) is 170 cm³/mol. The number of rotatable bonds is 9. The molecule has 0 radical (unpaired) electrons. The fraction of sp³-hybridized carbons (Fsp3) is 0.667. The summed E-state index contributed by atoms with van der Waals surface area (Å²) in [6, 6.07) is 6.66. The van der Waals surface area contributed by atoms with E-state index in [1.54, 1.807) is 30.4 Å². The first-order valence-electron chi connectivity index (χ1n) is 16.7. The molecular formula is C33H41N5O4S2. The van der Waals surface area contributed by atoms with E-state index in [4.69, 9.17) is 14.7 Å². The molecule has 4 heterocycles.